The van der Waals surface area contributed by atoms with Crippen molar-refractivity contribution in [1.82, 2.24) is 9.80 Å². The first kappa shape index (κ1) is 18.1. The molecule has 0 aliphatic carbocycles. The molecule has 2 aliphatic heterocycles. The molecular formula is C16H22FN3O4S. The number of sulfone groups is 1. The fourth-order valence-electron chi connectivity index (χ4n) is 3.51. The maximum atomic E-state index is 13.8. The van der Waals surface area contributed by atoms with Crippen molar-refractivity contribution in [2.24, 2.45) is 0 Å². The van der Waals surface area contributed by atoms with Crippen LogP contribution in [-0.2, 0) is 14.6 Å². The minimum Gasteiger partial charge on any atom is -0.383 e. The largest absolute Gasteiger partial charge is 0.383 e. The van der Waals surface area contributed by atoms with E-state index in [2.05, 4.69) is 10.2 Å². The van der Waals surface area contributed by atoms with Gasteiger partial charge in [0.1, 0.15) is 5.82 Å². The topological polar surface area (TPSA) is 79.0 Å². The summed E-state index contributed by atoms with van der Waals surface area (Å²) in [7, 11) is -1.61. The molecule has 138 valence electrons. The Bertz CT molecular complexity index is 743. The van der Waals surface area contributed by atoms with E-state index in [1.54, 1.807) is 19.2 Å². The molecule has 2 amide bonds. The highest BCUT2D eigenvalue weighted by Crippen LogP contribution is 2.27. The van der Waals surface area contributed by atoms with E-state index in [4.69, 9.17) is 4.74 Å². The number of hydrogen-bond acceptors (Lipinski definition) is 5. The Morgan fingerprint density at radius 2 is 2.00 bits per heavy atom. The second kappa shape index (κ2) is 7.27. The molecule has 7 nitrogen and oxygen atoms in total. The molecule has 0 unspecified atom stereocenters. The smallest absolute Gasteiger partial charge is 0.322 e. The zero-order valence-corrected chi connectivity index (χ0v) is 14.8. The number of nitrogens with zero attached hydrogens (tertiary/aromatic N) is 2. The molecule has 2 heterocycles. The lowest BCUT2D eigenvalue weighted by Crippen LogP contribution is -2.61. The van der Waals surface area contributed by atoms with Crippen molar-refractivity contribution in [2.45, 2.75) is 12.1 Å². The van der Waals surface area contributed by atoms with Gasteiger partial charge >= 0.3 is 6.03 Å². The number of para-hydroxylation sites is 1. The number of rotatable bonds is 4. The standard InChI is InChI=1S/C16H22FN3O4S/c1-24-9-8-19-6-7-20(15-11-25(22,23)10-14(15)19)16(21)18-13-5-3-2-4-12(13)17/h2-5,14-15H,6-11H2,1H3,(H,18,21)/t14-,15+/m0/s1. The molecule has 3 rings (SSSR count). The summed E-state index contributed by atoms with van der Waals surface area (Å²) in [6.07, 6.45) is 0. The SMILES string of the molecule is COCCN1CCN(C(=O)Nc2ccccc2F)[C@@H]2CS(=O)(=O)C[C@@H]21. The zero-order chi connectivity index (χ0) is 18.0. The molecule has 0 spiro atoms. The number of methoxy groups -OCH3 is 1. The van der Waals surface area contributed by atoms with Gasteiger partial charge in [-0.25, -0.2) is 17.6 Å². The van der Waals surface area contributed by atoms with Crippen LogP contribution in [0, 0.1) is 5.82 Å². The molecule has 1 N–H and O–H groups in total. The molecule has 2 aliphatic rings. The van der Waals surface area contributed by atoms with Crippen LogP contribution in [0.4, 0.5) is 14.9 Å². The summed E-state index contributed by atoms with van der Waals surface area (Å²) in [5.74, 6) is -0.554. The van der Waals surface area contributed by atoms with E-state index in [9.17, 15) is 17.6 Å². The summed E-state index contributed by atoms with van der Waals surface area (Å²) in [6, 6.07) is 4.77. The van der Waals surface area contributed by atoms with Crippen LogP contribution in [-0.4, -0.2) is 81.2 Å². The Balaban J connectivity index is 1.76. The quantitative estimate of drug-likeness (QED) is 0.847. The molecule has 0 saturated carbocycles. The lowest BCUT2D eigenvalue weighted by atomic mass is 10.1. The van der Waals surface area contributed by atoms with E-state index in [1.165, 1.54) is 17.0 Å². The molecule has 0 radical (unpaired) electrons. The first-order chi connectivity index (χ1) is 11.9. The highest BCUT2D eigenvalue weighted by atomic mass is 32.2. The van der Waals surface area contributed by atoms with Crippen molar-refractivity contribution >= 4 is 21.6 Å². The number of amides is 2. The van der Waals surface area contributed by atoms with Crippen molar-refractivity contribution in [1.29, 1.82) is 0 Å². The number of hydrogen-bond donors (Lipinski definition) is 1. The molecule has 2 saturated heterocycles. The van der Waals surface area contributed by atoms with E-state index >= 15 is 0 Å². The average molecular weight is 371 g/mol. The third-order valence-electron chi connectivity index (χ3n) is 4.75. The van der Waals surface area contributed by atoms with E-state index in [1.807, 2.05) is 0 Å². The molecule has 0 bridgehead atoms. The molecular weight excluding hydrogens is 349 g/mol. The normalized spacial score (nSPS) is 25.6. The maximum absolute atomic E-state index is 13.8. The fraction of sp³-hybridized carbons (Fsp3) is 0.562. The van der Waals surface area contributed by atoms with Crippen molar-refractivity contribution in [2.75, 3.05) is 50.2 Å². The average Bonchev–Trinajstić information content (AvgIpc) is 2.89. The van der Waals surface area contributed by atoms with E-state index in [0.717, 1.165) is 0 Å². The monoisotopic (exact) mass is 371 g/mol. The number of halogens is 1. The van der Waals surface area contributed by atoms with Gasteiger partial charge in [-0.15, -0.1) is 0 Å². The van der Waals surface area contributed by atoms with Crippen molar-refractivity contribution in [3.63, 3.8) is 0 Å². The summed E-state index contributed by atoms with van der Waals surface area (Å²) < 4.78 is 43.1. The number of benzene rings is 1. The number of carbonyl (C=O) groups excluding carboxylic acids is 1. The van der Waals surface area contributed by atoms with Gasteiger partial charge in [0, 0.05) is 32.8 Å². The van der Waals surface area contributed by atoms with Gasteiger partial charge in [-0.05, 0) is 12.1 Å². The molecule has 1 aromatic carbocycles. The maximum Gasteiger partial charge on any atom is 0.322 e. The van der Waals surface area contributed by atoms with Gasteiger partial charge in [0.05, 0.1) is 29.8 Å². The summed E-state index contributed by atoms with van der Waals surface area (Å²) in [5, 5.41) is 2.55. The Kier molecular flexibility index (Phi) is 5.26. The molecule has 1 aromatic rings. The number of nitrogens with one attached hydrogen (secondary N) is 1. The Hall–Kier alpha value is -1.71. The predicted octanol–water partition coefficient (Wildman–Crippen LogP) is 0.787. The number of fused-ring (bicyclic) bond motifs is 1. The van der Waals surface area contributed by atoms with E-state index < -0.39 is 27.7 Å². The lowest BCUT2D eigenvalue weighted by molar-refractivity contribution is 0.0499. The van der Waals surface area contributed by atoms with Crippen LogP contribution in [0.5, 0.6) is 0 Å². The summed E-state index contributed by atoms with van der Waals surface area (Å²) in [6.45, 7) is 2.08. The van der Waals surface area contributed by atoms with Gasteiger partial charge in [-0.3, -0.25) is 4.90 Å². The number of carbonyl (C=O) groups is 1. The zero-order valence-electron chi connectivity index (χ0n) is 14.0. The van der Waals surface area contributed by atoms with Gasteiger partial charge in [-0.1, -0.05) is 12.1 Å². The number of urea groups is 1. The highest BCUT2D eigenvalue weighted by Gasteiger charge is 2.47. The van der Waals surface area contributed by atoms with Gasteiger partial charge in [0.15, 0.2) is 9.84 Å². The second-order valence-electron chi connectivity index (χ2n) is 6.34. The van der Waals surface area contributed by atoms with E-state index in [0.29, 0.717) is 26.2 Å². The first-order valence-electron chi connectivity index (χ1n) is 8.17. The lowest BCUT2D eigenvalue weighted by Gasteiger charge is -2.43. The number of ether oxygens (including phenoxy) is 1. The summed E-state index contributed by atoms with van der Waals surface area (Å²) in [4.78, 5) is 16.2. The van der Waals surface area contributed by atoms with Gasteiger partial charge in [-0.2, -0.15) is 0 Å². The highest BCUT2D eigenvalue weighted by molar-refractivity contribution is 7.91. The Morgan fingerprint density at radius 1 is 1.28 bits per heavy atom. The predicted molar refractivity (Wildman–Crippen MR) is 91.8 cm³/mol. The van der Waals surface area contributed by atoms with Crippen LogP contribution in [0.1, 0.15) is 0 Å². The Labute approximate surface area is 146 Å². The van der Waals surface area contributed by atoms with Crippen LogP contribution in [0.15, 0.2) is 24.3 Å². The first-order valence-corrected chi connectivity index (χ1v) is 9.99. The molecule has 25 heavy (non-hydrogen) atoms. The molecule has 9 heteroatoms. The van der Waals surface area contributed by atoms with Crippen LogP contribution in [0.3, 0.4) is 0 Å². The number of anilines is 1. The Morgan fingerprint density at radius 3 is 2.72 bits per heavy atom. The van der Waals surface area contributed by atoms with Crippen molar-refractivity contribution < 1.29 is 22.3 Å². The van der Waals surface area contributed by atoms with E-state index in [-0.39, 0.29) is 23.2 Å². The molecule has 0 aromatic heterocycles. The third kappa shape index (κ3) is 3.94. The van der Waals surface area contributed by atoms with Crippen LogP contribution in [0.2, 0.25) is 0 Å². The third-order valence-corrected chi connectivity index (χ3v) is 6.45. The summed E-state index contributed by atoms with van der Waals surface area (Å²) >= 11 is 0. The van der Waals surface area contributed by atoms with Gasteiger partial charge in [0.2, 0.25) is 0 Å². The number of piperazine rings is 1. The van der Waals surface area contributed by atoms with Gasteiger partial charge in [0.25, 0.3) is 0 Å². The van der Waals surface area contributed by atoms with Crippen molar-refractivity contribution in [3.8, 4) is 0 Å². The van der Waals surface area contributed by atoms with Crippen molar-refractivity contribution in [3.05, 3.63) is 30.1 Å². The van der Waals surface area contributed by atoms with Crippen LogP contribution in [0.25, 0.3) is 0 Å². The second-order valence-corrected chi connectivity index (χ2v) is 8.50. The fourth-order valence-corrected chi connectivity index (χ4v) is 5.52. The van der Waals surface area contributed by atoms with Gasteiger partial charge < -0.3 is 15.0 Å². The van der Waals surface area contributed by atoms with Crippen LogP contribution < -0.4 is 5.32 Å². The molecule has 2 fully saturated rings. The summed E-state index contributed by atoms with van der Waals surface area (Å²) in [5.41, 5.74) is 0.0896. The molecule has 2 atom stereocenters. The van der Waals surface area contributed by atoms with Crippen LogP contribution >= 0.6 is 0 Å². The minimum absolute atomic E-state index is 0.0326. The minimum atomic E-state index is -3.21.